The summed E-state index contributed by atoms with van der Waals surface area (Å²) < 4.78 is 10.7. The molecule has 1 aromatic carbocycles. The van der Waals surface area contributed by atoms with E-state index in [1.54, 1.807) is 18.2 Å². The topological polar surface area (TPSA) is 52.3 Å². The van der Waals surface area contributed by atoms with Gasteiger partial charge in [0.25, 0.3) is 0 Å². The van der Waals surface area contributed by atoms with Gasteiger partial charge in [0, 0.05) is 5.56 Å². The van der Waals surface area contributed by atoms with E-state index in [2.05, 4.69) is 5.16 Å². The van der Waals surface area contributed by atoms with Crippen LogP contribution in [0.2, 0.25) is 0 Å². The van der Waals surface area contributed by atoms with Crippen LogP contribution in [-0.2, 0) is 6.61 Å². The number of ether oxygens (including phenoxy) is 1. The fourth-order valence-electron chi connectivity index (χ4n) is 1.67. The molecule has 4 nitrogen and oxygen atoms in total. The van der Waals surface area contributed by atoms with Crippen LogP contribution in [0.15, 0.2) is 28.8 Å². The number of carbonyl (C=O) groups is 1. The molecule has 2 aromatic rings. The minimum absolute atomic E-state index is 0.0257. The summed E-state index contributed by atoms with van der Waals surface area (Å²) in [5.41, 5.74) is 2.42. The molecule has 0 saturated heterocycles. The zero-order valence-corrected chi connectivity index (χ0v) is 10.7. The molecular weight excluding hydrogens is 230 g/mol. The van der Waals surface area contributed by atoms with E-state index in [-0.39, 0.29) is 5.78 Å². The van der Waals surface area contributed by atoms with Crippen molar-refractivity contribution in [2.75, 3.05) is 0 Å². The van der Waals surface area contributed by atoms with E-state index >= 15 is 0 Å². The Balaban J connectivity index is 2.11. The first-order valence-electron chi connectivity index (χ1n) is 5.73. The maximum absolute atomic E-state index is 11.3. The van der Waals surface area contributed by atoms with E-state index in [4.69, 9.17) is 9.26 Å². The predicted molar refractivity (Wildman–Crippen MR) is 66.8 cm³/mol. The standard InChI is InChI=1S/C14H15NO3/c1-9-14(11(3)18-15-9)8-17-13-6-4-5-12(7-13)10(2)16/h4-7H,8H2,1-3H3. The van der Waals surface area contributed by atoms with Crippen LogP contribution in [0, 0.1) is 13.8 Å². The highest BCUT2D eigenvalue weighted by Gasteiger charge is 2.09. The Morgan fingerprint density at radius 2 is 2.17 bits per heavy atom. The van der Waals surface area contributed by atoms with Crippen LogP contribution in [0.1, 0.15) is 34.3 Å². The highest BCUT2D eigenvalue weighted by molar-refractivity contribution is 5.94. The van der Waals surface area contributed by atoms with Crippen molar-refractivity contribution in [2.45, 2.75) is 27.4 Å². The van der Waals surface area contributed by atoms with Crippen molar-refractivity contribution in [1.29, 1.82) is 0 Å². The van der Waals surface area contributed by atoms with Crippen LogP contribution in [0.3, 0.4) is 0 Å². The van der Waals surface area contributed by atoms with E-state index in [0.29, 0.717) is 17.9 Å². The Labute approximate surface area is 106 Å². The van der Waals surface area contributed by atoms with Crippen LogP contribution >= 0.6 is 0 Å². The summed E-state index contributed by atoms with van der Waals surface area (Å²) in [6.07, 6.45) is 0. The zero-order valence-electron chi connectivity index (χ0n) is 10.7. The van der Waals surface area contributed by atoms with Gasteiger partial charge in [-0.2, -0.15) is 0 Å². The molecule has 0 saturated carbocycles. The Morgan fingerprint density at radius 1 is 1.39 bits per heavy atom. The quantitative estimate of drug-likeness (QED) is 0.777. The molecule has 18 heavy (non-hydrogen) atoms. The molecule has 0 unspecified atom stereocenters. The molecule has 0 bridgehead atoms. The van der Waals surface area contributed by atoms with E-state index in [1.807, 2.05) is 19.9 Å². The van der Waals surface area contributed by atoms with Gasteiger partial charge in [-0.05, 0) is 32.9 Å². The van der Waals surface area contributed by atoms with Gasteiger partial charge in [0.1, 0.15) is 18.1 Å². The normalized spacial score (nSPS) is 10.4. The summed E-state index contributed by atoms with van der Waals surface area (Å²) in [5, 5.41) is 3.87. The molecule has 0 amide bonds. The van der Waals surface area contributed by atoms with Crippen molar-refractivity contribution < 1.29 is 14.1 Å². The first kappa shape index (κ1) is 12.4. The van der Waals surface area contributed by atoms with Crippen molar-refractivity contribution in [3.05, 3.63) is 46.8 Å². The number of hydrogen-bond acceptors (Lipinski definition) is 4. The number of nitrogens with zero attached hydrogens (tertiary/aromatic N) is 1. The Kier molecular flexibility index (Phi) is 3.46. The van der Waals surface area contributed by atoms with Crippen LogP contribution in [-0.4, -0.2) is 10.9 Å². The smallest absolute Gasteiger partial charge is 0.159 e. The number of ketones is 1. The molecule has 4 heteroatoms. The van der Waals surface area contributed by atoms with Gasteiger partial charge < -0.3 is 9.26 Å². The molecule has 0 fully saturated rings. The number of hydrogen-bond donors (Lipinski definition) is 0. The third kappa shape index (κ3) is 2.59. The van der Waals surface area contributed by atoms with Crippen LogP contribution in [0.25, 0.3) is 0 Å². The minimum Gasteiger partial charge on any atom is -0.489 e. The van der Waals surface area contributed by atoms with E-state index in [0.717, 1.165) is 17.0 Å². The molecule has 1 heterocycles. The summed E-state index contributed by atoms with van der Waals surface area (Å²) >= 11 is 0. The van der Waals surface area contributed by atoms with Gasteiger partial charge >= 0.3 is 0 Å². The van der Waals surface area contributed by atoms with Crippen LogP contribution in [0.4, 0.5) is 0 Å². The van der Waals surface area contributed by atoms with Gasteiger partial charge in [0.15, 0.2) is 5.78 Å². The Hall–Kier alpha value is -2.10. The average Bonchev–Trinajstić information content (AvgIpc) is 2.67. The molecule has 2 rings (SSSR count). The van der Waals surface area contributed by atoms with Gasteiger partial charge in [-0.25, -0.2) is 0 Å². The molecule has 0 atom stereocenters. The largest absolute Gasteiger partial charge is 0.489 e. The number of carbonyl (C=O) groups excluding carboxylic acids is 1. The molecule has 94 valence electrons. The van der Waals surface area contributed by atoms with Gasteiger partial charge in [-0.15, -0.1) is 0 Å². The maximum atomic E-state index is 11.3. The van der Waals surface area contributed by atoms with Crippen LogP contribution < -0.4 is 4.74 Å². The number of Topliss-reactive ketones (excluding diaryl/α,β-unsaturated/α-hetero) is 1. The fourth-order valence-corrected chi connectivity index (χ4v) is 1.67. The lowest BCUT2D eigenvalue weighted by Gasteiger charge is -2.06. The zero-order chi connectivity index (χ0) is 13.1. The highest BCUT2D eigenvalue weighted by Crippen LogP contribution is 2.18. The van der Waals surface area contributed by atoms with Crippen molar-refractivity contribution in [3.8, 4) is 5.75 Å². The lowest BCUT2D eigenvalue weighted by molar-refractivity contribution is 0.101. The lowest BCUT2D eigenvalue weighted by atomic mass is 10.1. The fraction of sp³-hybridized carbons (Fsp3) is 0.286. The summed E-state index contributed by atoms with van der Waals surface area (Å²) in [7, 11) is 0. The summed E-state index contributed by atoms with van der Waals surface area (Å²) in [5.74, 6) is 1.45. The van der Waals surface area contributed by atoms with E-state index < -0.39 is 0 Å². The monoisotopic (exact) mass is 245 g/mol. The highest BCUT2D eigenvalue weighted by atomic mass is 16.5. The molecule has 0 radical (unpaired) electrons. The third-order valence-electron chi connectivity index (χ3n) is 2.80. The molecule has 0 spiro atoms. The first-order valence-corrected chi connectivity index (χ1v) is 5.73. The number of aryl methyl sites for hydroxylation is 2. The second-order valence-corrected chi connectivity index (χ2v) is 4.18. The summed E-state index contributed by atoms with van der Waals surface area (Å²) in [6, 6.07) is 7.13. The molecule has 1 aromatic heterocycles. The van der Waals surface area contributed by atoms with Gasteiger partial charge in [-0.3, -0.25) is 4.79 Å². The number of benzene rings is 1. The van der Waals surface area contributed by atoms with Crippen molar-refractivity contribution >= 4 is 5.78 Å². The Morgan fingerprint density at radius 3 is 2.78 bits per heavy atom. The van der Waals surface area contributed by atoms with E-state index in [1.165, 1.54) is 6.92 Å². The first-order chi connectivity index (χ1) is 8.58. The van der Waals surface area contributed by atoms with Gasteiger partial charge in [0.05, 0.1) is 11.3 Å². The molecule has 0 aliphatic rings. The lowest BCUT2D eigenvalue weighted by Crippen LogP contribution is -1.99. The van der Waals surface area contributed by atoms with Crippen molar-refractivity contribution in [3.63, 3.8) is 0 Å². The maximum Gasteiger partial charge on any atom is 0.159 e. The molecule has 0 aliphatic carbocycles. The average molecular weight is 245 g/mol. The third-order valence-corrected chi connectivity index (χ3v) is 2.80. The SMILES string of the molecule is CC(=O)c1cccc(OCc2c(C)noc2C)c1. The predicted octanol–water partition coefficient (Wildman–Crippen LogP) is 3.07. The second kappa shape index (κ2) is 5.04. The van der Waals surface area contributed by atoms with E-state index in [9.17, 15) is 4.79 Å². The molecule has 0 aliphatic heterocycles. The van der Waals surface area contributed by atoms with Crippen LogP contribution in [0.5, 0.6) is 5.75 Å². The van der Waals surface area contributed by atoms with Crippen molar-refractivity contribution in [1.82, 2.24) is 5.16 Å². The molecule has 0 N–H and O–H groups in total. The van der Waals surface area contributed by atoms with Gasteiger partial charge in [0.2, 0.25) is 0 Å². The summed E-state index contributed by atoms with van der Waals surface area (Å²) in [4.78, 5) is 11.3. The Bertz CT molecular complexity index is 553. The minimum atomic E-state index is 0.0257. The van der Waals surface area contributed by atoms with Crippen molar-refractivity contribution in [2.24, 2.45) is 0 Å². The number of aromatic nitrogens is 1. The summed E-state index contributed by atoms with van der Waals surface area (Å²) in [6.45, 7) is 5.65. The number of rotatable bonds is 4. The second-order valence-electron chi connectivity index (χ2n) is 4.18. The van der Waals surface area contributed by atoms with Gasteiger partial charge in [-0.1, -0.05) is 17.3 Å². The molecular formula is C14H15NO3.